The topological polar surface area (TPSA) is 82.6 Å². The molecule has 2 heterocycles. The summed E-state index contributed by atoms with van der Waals surface area (Å²) in [6, 6.07) is 23.0. The number of ether oxygens (including phenoxy) is 1. The van der Waals surface area contributed by atoms with Crippen molar-refractivity contribution in [2.45, 2.75) is 13.0 Å². The fourth-order valence-electron chi connectivity index (χ4n) is 4.33. The number of nitrogens with zero attached hydrogens (tertiary/aromatic N) is 1. The third-order valence-electron chi connectivity index (χ3n) is 5.83. The van der Waals surface area contributed by atoms with Gasteiger partial charge in [-0.3, -0.25) is 14.5 Å². The number of aliphatic hydroxyl groups excluding tert-OH is 1. The number of hydrogen-bond donors (Lipinski definition) is 2. The van der Waals surface area contributed by atoms with E-state index in [0.29, 0.717) is 23.6 Å². The van der Waals surface area contributed by atoms with Gasteiger partial charge in [0.05, 0.1) is 18.2 Å². The number of ketones is 1. The van der Waals surface area contributed by atoms with Crippen molar-refractivity contribution < 1.29 is 19.4 Å². The lowest BCUT2D eigenvalue weighted by Crippen LogP contribution is -2.29. The maximum absolute atomic E-state index is 13.3. The lowest BCUT2D eigenvalue weighted by atomic mass is 9.95. The molecule has 0 radical (unpaired) electrons. The molecule has 0 saturated carbocycles. The van der Waals surface area contributed by atoms with Crippen LogP contribution in [0.25, 0.3) is 16.7 Å². The molecule has 1 fully saturated rings. The number of para-hydroxylation sites is 1. The van der Waals surface area contributed by atoms with Crippen LogP contribution in [0.15, 0.2) is 90.6 Å². The fourth-order valence-corrected chi connectivity index (χ4v) is 4.33. The summed E-state index contributed by atoms with van der Waals surface area (Å²) in [5.41, 5.74) is 2.65. The molecular weight excluding hydrogens is 416 g/mol. The van der Waals surface area contributed by atoms with Crippen molar-refractivity contribution in [3.63, 3.8) is 0 Å². The van der Waals surface area contributed by atoms with Gasteiger partial charge in [-0.25, -0.2) is 0 Å². The molecule has 6 heteroatoms. The Morgan fingerprint density at radius 1 is 0.970 bits per heavy atom. The predicted molar refractivity (Wildman–Crippen MR) is 127 cm³/mol. The summed E-state index contributed by atoms with van der Waals surface area (Å²) >= 11 is 0. The molecule has 1 amide bonds. The highest BCUT2D eigenvalue weighted by Gasteiger charge is 2.47. The van der Waals surface area contributed by atoms with Crippen molar-refractivity contribution in [3.8, 4) is 5.75 Å². The first-order valence-corrected chi connectivity index (χ1v) is 10.8. The highest BCUT2D eigenvalue weighted by molar-refractivity contribution is 6.51. The molecule has 0 bridgehead atoms. The van der Waals surface area contributed by atoms with Crippen molar-refractivity contribution >= 4 is 34.0 Å². The number of anilines is 1. The van der Waals surface area contributed by atoms with E-state index in [9.17, 15) is 14.7 Å². The first-order valence-electron chi connectivity index (χ1n) is 10.8. The highest BCUT2D eigenvalue weighted by Crippen LogP contribution is 2.43. The molecule has 3 aromatic carbocycles. The van der Waals surface area contributed by atoms with Gasteiger partial charge in [-0.05, 0) is 42.8 Å². The Morgan fingerprint density at radius 2 is 1.67 bits per heavy atom. The van der Waals surface area contributed by atoms with Gasteiger partial charge in [-0.1, -0.05) is 48.5 Å². The van der Waals surface area contributed by atoms with Gasteiger partial charge < -0.3 is 14.8 Å². The molecular formula is C27H22N2O4. The summed E-state index contributed by atoms with van der Waals surface area (Å²) in [5.74, 6) is -0.934. The van der Waals surface area contributed by atoms with E-state index >= 15 is 0 Å². The van der Waals surface area contributed by atoms with Crippen molar-refractivity contribution in [1.82, 2.24) is 4.98 Å². The molecule has 0 aliphatic carbocycles. The van der Waals surface area contributed by atoms with E-state index in [-0.39, 0.29) is 11.3 Å². The number of amides is 1. The zero-order valence-corrected chi connectivity index (χ0v) is 18.0. The van der Waals surface area contributed by atoms with Gasteiger partial charge in [0, 0.05) is 28.4 Å². The van der Waals surface area contributed by atoms with Crippen LogP contribution >= 0.6 is 0 Å². The van der Waals surface area contributed by atoms with Gasteiger partial charge in [0.2, 0.25) is 0 Å². The van der Waals surface area contributed by atoms with E-state index in [1.54, 1.807) is 30.5 Å². The van der Waals surface area contributed by atoms with Crippen LogP contribution in [0.1, 0.15) is 24.1 Å². The Kier molecular flexibility index (Phi) is 5.18. The number of fused-ring (bicyclic) bond motifs is 1. The second-order valence-corrected chi connectivity index (χ2v) is 7.75. The van der Waals surface area contributed by atoms with Gasteiger partial charge in [0.15, 0.2) is 0 Å². The van der Waals surface area contributed by atoms with Gasteiger partial charge in [-0.2, -0.15) is 0 Å². The van der Waals surface area contributed by atoms with Crippen molar-refractivity contribution in [1.29, 1.82) is 0 Å². The van der Waals surface area contributed by atoms with Crippen LogP contribution in [0.5, 0.6) is 5.75 Å². The third kappa shape index (κ3) is 3.46. The number of nitrogens with one attached hydrogen (secondary N) is 1. The minimum Gasteiger partial charge on any atom is -0.507 e. The fraction of sp³-hybridized carbons (Fsp3) is 0.111. The third-order valence-corrected chi connectivity index (χ3v) is 5.83. The monoisotopic (exact) mass is 438 g/mol. The molecule has 1 aliphatic heterocycles. The number of aromatic nitrogens is 1. The van der Waals surface area contributed by atoms with Crippen LogP contribution in [0, 0.1) is 0 Å². The SMILES string of the molecule is CCOc1ccc(N2C(=O)C(=O)/C(=C(\O)c3c[nH]c4ccccc34)C2c2ccccc2)cc1. The molecule has 0 spiro atoms. The predicted octanol–water partition coefficient (Wildman–Crippen LogP) is 5.19. The Bertz CT molecular complexity index is 1370. The van der Waals surface area contributed by atoms with Gasteiger partial charge >= 0.3 is 0 Å². The Balaban J connectivity index is 1.69. The normalized spacial score (nSPS) is 17.6. The number of carbonyl (C=O) groups is 2. The molecule has 1 unspecified atom stereocenters. The average molecular weight is 438 g/mol. The van der Waals surface area contributed by atoms with Crippen molar-refractivity contribution in [2.75, 3.05) is 11.5 Å². The number of hydrogen-bond acceptors (Lipinski definition) is 4. The van der Waals surface area contributed by atoms with Gasteiger partial charge in [-0.15, -0.1) is 0 Å². The van der Waals surface area contributed by atoms with Gasteiger partial charge in [0.25, 0.3) is 11.7 Å². The lowest BCUT2D eigenvalue weighted by Gasteiger charge is -2.25. The Hall–Kier alpha value is -4.32. The summed E-state index contributed by atoms with van der Waals surface area (Å²) in [5, 5.41) is 12.1. The van der Waals surface area contributed by atoms with Crippen LogP contribution < -0.4 is 9.64 Å². The van der Waals surface area contributed by atoms with E-state index < -0.39 is 17.7 Å². The summed E-state index contributed by atoms with van der Waals surface area (Å²) in [7, 11) is 0. The van der Waals surface area contributed by atoms with Crippen molar-refractivity contribution in [3.05, 3.63) is 102 Å². The standard InChI is InChI=1S/C27H22N2O4/c1-2-33-19-14-12-18(13-15-19)29-24(17-8-4-3-5-9-17)23(26(31)27(29)32)25(30)21-16-28-22-11-7-6-10-20(21)22/h3-16,24,28,30H,2H2,1H3/b25-23-. The summed E-state index contributed by atoms with van der Waals surface area (Å²) < 4.78 is 5.51. The minimum absolute atomic E-state index is 0.0600. The van der Waals surface area contributed by atoms with Crippen LogP contribution in [0.3, 0.4) is 0 Å². The van der Waals surface area contributed by atoms with E-state index in [1.807, 2.05) is 61.5 Å². The van der Waals surface area contributed by atoms with Crippen LogP contribution in [0.2, 0.25) is 0 Å². The zero-order valence-electron chi connectivity index (χ0n) is 18.0. The number of Topliss-reactive ketones (excluding diaryl/α,β-unsaturated/α-hetero) is 1. The minimum atomic E-state index is -0.766. The van der Waals surface area contributed by atoms with Crippen LogP contribution in [0.4, 0.5) is 5.69 Å². The first-order chi connectivity index (χ1) is 16.1. The van der Waals surface area contributed by atoms with E-state index in [4.69, 9.17) is 4.74 Å². The number of rotatable bonds is 5. The molecule has 1 saturated heterocycles. The molecule has 2 N–H and O–H groups in total. The number of H-pyrrole nitrogens is 1. The molecule has 6 nitrogen and oxygen atoms in total. The molecule has 5 rings (SSSR count). The lowest BCUT2D eigenvalue weighted by molar-refractivity contribution is -0.132. The van der Waals surface area contributed by atoms with E-state index in [2.05, 4.69) is 4.98 Å². The number of carbonyl (C=O) groups excluding carboxylic acids is 2. The summed E-state index contributed by atoms with van der Waals surface area (Å²) in [6.07, 6.45) is 1.66. The molecule has 1 aromatic heterocycles. The largest absolute Gasteiger partial charge is 0.507 e. The molecule has 164 valence electrons. The van der Waals surface area contributed by atoms with E-state index in [0.717, 1.165) is 16.5 Å². The highest BCUT2D eigenvalue weighted by atomic mass is 16.5. The maximum atomic E-state index is 13.3. The number of aromatic amines is 1. The quantitative estimate of drug-likeness (QED) is 0.255. The van der Waals surface area contributed by atoms with E-state index in [1.165, 1.54) is 4.90 Å². The van der Waals surface area contributed by atoms with Crippen molar-refractivity contribution in [2.24, 2.45) is 0 Å². The number of aliphatic hydroxyl groups is 1. The zero-order chi connectivity index (χ0) is 22.9. The molecule has 1 atom stereocenters. The van der Waals surface area contributed by atoms with Crippen LogP contribution in [-0.2, 0) is 9.59 Å². The molecule has 33 heavy (non-hydrogen) atoms. The maximum Gasteiger partial charge on any atom is 0.300 e. The summed E-state index contributed by atoms with van der Waals surface area (Å²) in [6.45, 7) is 2.42. The molecule has 1 aliphatic rings. The van der Waals surface area contributed by atoms with Crippen LogP contribution in [-0.4, -0.2) is 28.4 Å². The average Bonchev–Trinajstić information content (AvgIpc) is 3.39. The number of benzene rings is 3. The first kappa shape index (κ1) is 20.6. The Labute approximate surface area is 190 Å². The smallest absolute Gasteiger partial charge is 0.300 e. The second kappa shape index (κ2) is 8.31. The van der Waals surface area contributed by atoms with Gasteiger partial charge in [0.1, 0.15) is 11.5 Å². The molecule has 4 aromatic rings. The Morgan fingerprint density at radius 3 is 2.39 bits per heavy atom. The second-order valence-electron chi connectivity index (χ2n) is 7.75. The summed E-state index contributed by atoms with van der Waals surface area (Å²) in [4.78, 5) is 31.1.